The number of hydrogen-bond donors (Lipinski definition) is 1. The number of nitrogens with two attached hydrogens (primary N) is 1. The van der Waals surface area contributed by atoms with E-state index in [9.17, 15) is 0 Å². The van der Waals surface area contributed by atoms with E-state index in [1.54, 1.807) is 7.11 Å². The first kappa shape index (κ1) is 11.9. The van der Waals surface area contributed by atoms with Crippen LogP contribution in [0.15, 0.2) is 0 Å². The topological polar surface area (TPSA) is 44.5 Å². The maximum atomic E-state index is 5.53. The molecule has 0 radical (unpaired) electrons. The lowest BCUT2D eigenvalue weighted by Gasteiger charge is -2.24. The third-order valence-corrected chi connectivity index (χ3v) is 1.84. The Labute approximate surface area is 75.2 Å². The van der Waals surface area contributed by atoms with Crippen LogP contribution in [0.2, 0.25) is 0 Å². The fourth-order valence-corrected chi connectivity index (χ4v) is 0.720. The molecule has 0 aromatic rings. The van der Waals surface area contributed by atoms with Crippen molar-refractivity contribution < 1.29 is 9.47 Å². The second kappa shape index (κ2) is 5.51. The van der Waals surface area contributed by atoms with Gasteiger partial charge >= 0.3 is 0 Å². The summed E-state index contributed by atoms with van der Waals surface area (Å²) in [5, 5.41) is 0. The van der Waals surface area contributed by atoms with Crippen LogP contribution in [0.5, 0.6) is 0 Å². The van der Waals surface area contributed by atoms with Gasteiger partial charge in [-0.3, -0.25) is 0 Å². The Bertz CT molecular complexity index is 115. The first-order chi connectivity index (χ1) is 5.52. The highest BCUT2D eigenvalue weighted by Gasteiger charge is 2.17. The molecular weight excluding hydrogens is 154 g/mol. The Morgan fingerprint density at radius 1 is 1.42 bits per heavy atom. The molecule has 3 nitrogen and oxygen atoms in total. The Morgan fingerprint density at radius 2 is 2.00 bits per heavy atom. The normalized spacial score (nSPS) is 14.8. The zero-order valence-corrected chi connectivity index (χ0v) is 8.59. The van der Waals surface area contributed by atoms with Crippen molar-refractivity contribution in [2.45, 2.75) is 38.9 Å². The summed E-state index contributed by atoms with van der Waals surface area (Å²) in [6.07, 6.45) is 1.13. The van der Waals surface area contributed by atoms with Crippen LogP contribution in [0.4, 0.5) is 0 Å². The maximum absolute atomic E-state index is 5.53. The van der Waals surface area contributed by atoms with E-state index in [1.165, 1.54) is 0 Å². The smallest absolute Gasteiger partial charge is 0.0855 e. The molecule has 1 unspecified atom stereocenters. The largest absolute Gasteiger partial charge is 0.376 e. The van der Waals surface area contributed by atoms with Gasteiger partial charge in [0, 0.05) is 7.11 Å². The highest BCUT2D eigenvalue weighted by molar-refractivity contribution is 4.67. The van der Waals surface area contributed by atoms with Crippen molar-refractivity contribution in [1.82, 2.24) is 0 Å². The average molecular weight is 175 g/mol. The molecule has 12 heavy (non-hydrogen) atoms. The van der Waals surface area contributed by atoms with E-state index in [-0.39, 0.29) is 11.7 Å². The molecule has 0 bridgehead atoms. The van der Waals surface area contributed by atoms with E-state index in [1.807, 2.05) is 20.8 Å². The predicted molar refractivity (Wildman–Crippen MR) is 50.2 cm³/mol. The van der Waals surface area contributed by atoms with Crippen LogP contribution in [-0.4, -0.2) is 32.0 Å². The summed E-state index contributed by atoms with van der Waals surface area (Å²) in [6.45, 7) is 7.32. The zero-order valence-electron chi connectivity index (χ0n) is 8.59. The molecule has 0 aliphatic rings. The van der Waals surface area contributed by atoms with Gasteiger partial charge < -0.3 is 15.2 Å². The lowest BCUT2D eigenvalue weighted by molar-refractivity contribution is -0.0718. The SMILES string of the molecule is COC(C)(C)COC(C)CCN. The zero-order chi connectivity index (χ0) is 9.61. The van der Waals surface area contributed by atoms with Crippen LogP contribution in [0.3, 0.4) is 0 Å². The minimum Gasteiger partial charge on any atom is -0.376 e. The van der Waals surface area contributed by atoms with Gasteiger partial charge in [-0.1, -0.05) is 0 Å². The van der Waals surface area contributed by atoms with Gasteiger partial charge in [0.1, 0.15) is 0 Å². The molecule has 0 spiro atoms. The average Bonchev–Trinajstić information content (AvgIpc) is 2.02. The second-order valence-corrected chi connectivity index (χ2v) is 3.66. The molecule has 0 aromatic heterocycles. The van der Waals surface area contributed by atoms with Crippen LogP contribution in [0, 0.1) is 0 Å². The third-order valence-electron chi connectivity index (χ3n) is 1.84. The van der Waals surface area contributed by atoms with Gasteiger partial charge in [0.05, 0.1) is 18.3 Å². The summed E-state index contributed by atoms with van der Waals surface area (Å²) in [4.78, 5) is 0. The minimum absolute atomic E-state index is 0.192. The van der Waals surface area contributed by atoms with E-state index in [2.05, 4.69) is 0 Å². The number of methoxy groups -OCH3 is 1. The van der Waals surface area contributed by atoms with Gasteiger partial charge in [0.2, 0.25) is 0 Å². The predicted octanol–water partition coefficient (Wildman–Crippen LogP) is 1.17. The summed E-state index contributed by atoms with van der Waals surface area (Å²) in [5.74, 6) is 0. The van der Waals surface area contributed by atoms with Crippen LogP contribution in [-0.2, 0) is 9.47 Å². The summed E-state index contributed by atoms with van der Waals surface area (Å²) in [6, 6.07) is 0. The Morgan fingerprint density at radius 3 is 2.42 bits per heavy atom. The Balaban J connectivity index is 3.52. The van der Waals surface area contributed by atoms with Gasteiger partial charge in [0.25, 0.3) is 0 Å². The van der Waals surface area contributed by atoms with Crippen molar-refractivity contribution >= 4 is 0 Å². The highest BCUT2D eigenvalue weighted by Crippen LogP contribution is 2.09. The molecule has 2 N–H and O–H groups in total. The molecule has 3 heteroatoms. The Kier molecular flexibility index (Phi) is 5.46. The van der Waals surface area contributed by atoms with Crippen LogP contribution in [0.1, 0.15) is 27.2 Å². The van der Waals surface area contributed by atoms with Gasteiger partial charge in [-0.2, -0.15) is 0 Å². The van der Waals surface area contributed by atoms with Crippen molar-refractivity contribution in [2.24, 2.45) is 5.73 Å². The first-order valence-electron chi connectivity index (χ1n) is 4.38. The molecule has 0 amide bonds. The lowest BCUT2D eigenvalue weighted by atomic mass is 10.1. The molecule has 1 atom stereocenters. The van der Waals surface area contributed by atoms with Crippen molar-refractivity contribution in [3.8, 4) is 0 Å². The summed E-state index contributed by atoms with van der Waals surface area (Å²) in [7, 11) is 1.69. The van der Waals surface area contributed by atoms with E-state index < -0.39 is 0 Å². The van der Waals surface area contributed by atoms with E-state index in [0.29, 0.717) is 13.2 Å². The maximum Gasteiger partial charge on any atom is 0.0855 e. The highest BCUT2D eigenvalue weighted by atomic mass is 16.5. The van der Waals surface area contributed by atoms with Crippen molar-refractivity contribution in [1.29, 1.82) is 0 Å². The number of rotatable bonds is 6. The lowest BCUT2D eigenvalue weighted by Crippen LogP contribution is -2.31. The van der Waals surface area contributed by atoms with Crippen molar-refractivity contribution in [2.75, 3.05) is 20.3 Å². The number of hydrogen-bond acceptors (Lipinski definition) is 3. The van der Waals surface area contributed by atoms with E-state index in [4.69, 9.17) is 15.2 Å². The number of ether oxygens (including phenoxy) is 2. The third kappa shape index (κ3) is 5.52. The molecule has 0 aliphatic carbocycles. The standard InChI is InChI=1S/C9H21NO2/c1-8(5-6-10)12-7-9(2,3)11-4/h8H,5-7,10H2,1-4H3. The molecule has 0 aromatic carbocycles. The summed E-state index contributed by atoms with van der Waals surface area (Å²) < 4.78 is 10.7. The molecule has 0 saturated heterocycles. The first-order valence-corrected chi connectivity index (χ1v) is 4.38. The fourth-order valence-electron chi connectivity index (χ4n) is 0.720. The van der Waals surface area contributed by atoms with Crippen molar-refractivity contribution in [3.05, 3.63) is 0 Å². The van der Waals surface area contributed by atoms with Crippen LogP contribution < -0.4 is 5.73 Å². The Hall–Kier alpha value is -0.120. The van der Waals surface area contributed by atoms with Gasteiger partial charge in [0.15, 0.2) is 0 Å². The molecule has 0 rings (SSSR count). The molecule has 0 fully saturated rings. The van der Waals surface area contributed by atoms with Crippen molar-refractivity contribution in [3.63, 3.8) is 0 Å². The molecular formula is C9H21NO2. The fraction of sp³-hybridized carbons (Fsp3) is 1.00. The van der Waals surface area contributed by atoms with Gasteiger partial charge in [-0.15, -0.1) is 0 Å². The quantitative estimate of drug-likeness (QED) is 0.659. The van der Waals surface area contributed by atoms with E-state index in [0.717, 1.165) is 6.42 Å². The minimum atomic E-state index is -0.192. The van der Waals surface area contributed by atoms with Crippen LogP contribution >= 0.6 is 0 Å². The molecule has 0 heterocycles. The van der Waals surface area contributed by atoms with Gasteiger partial charge in [-0.05, 0) is 33.7 Å². The molecule has 74 valence electrons. The molecule has 0 saturated carbocycles. The summed E-state index contributed by atoms with van der Waals surface area (Å²) in [5.41, 5.74) is 5.20. The van der Waals surface area contributed by atoms with Gasteiger partial charge in [-0.25, -0.2) is 0 Å². The summed E-state index contributed by atoms with van der Waals surface area (Å²) >= 11 is 0. The second-order valence-electron chi connectivity index (χ2n) is 3.66. The monoisotopic (exact) mass is 175 g/mol. The van der Waals surface area contributed by atoms with E-state index >= 15 is 0 Å². The molecule has 0 aliphatic heterocycles. The van der Waals surface area contributed by atoms with Crippen LogP contribution in [0.25, 0.3) is 0 Å².